The number of nitrogens with one attached hydrogen (secondary N) is 1. The number of ether oxygens (including phenoxy) is 1. The monoisotopic (exact) mass is 343 g/mol. The summed E-state index contributed by atoms with van der Waals surface area (Å²) in [5, 5.41) is 5.63. The second-order valence-electron chi connectivity index (χ2n) is 6.01. The van der Waals surface area contributed by atoms with Crippen LogP contribution in [0.5, 0.6) is 5.75 Å². The molecule has 1 atom stereocenters. The molecule has 1 aliphatic rings. The highest BCUT2D eigenvalue weighted by molar-refractivity contribution is 7.09. The first kappa shape index (κ1) is 16.8. The van der Waals surface area contributed by atoms with Gasteiger partial charge in [-0.1, -0.05) is 18.2 Å². The van der Waals surface area contributed by atoms with Gasteiger partial charge in [-0.05, 0) is 42.0 Å². The SMILES string of the molecule is CN=C(NCCc1cccs1)N1CCC(c2ccc(OC)cc2)C1. The zero-order valence-corrected chi connectivity index (χ0v) is 15.2. The number of guanidine groups is 1. The van der Waals surface area contributed by atoms with Crippen molar-refractivity contribution in [3.05, 3.63) is 52.2 Å². The highest BCUT2D eigenvalue weighted by Gasteiger charge is 2.25. The zero-order chi connectivity index (χ0) is 16.8. The number of rotatable bonds is 5. The predicted octanol–water partition coefficient (Wildman–Crippen LogP) is 3.36. The van der Waals surface area contributed by atoms with Crippen molar-refractivity contribution in [3.8, 4) is 5.75 Å². The van der Waals surface area contributed by atoms with Crippen LogP contribution < -0.4 is 10.1 Å². The fourth-order valence-electron chi connectivity index (χ4n) is 3.19. The fourth-order valence-corrected chi connectivity index (χ4v) is 3.89. The van der Waals surface area contributed by atoms with Crippen molar-refractivity contribution < 1.29 is 4.74 Å². The summed E-state index contributed by atoms with van der Waals surface area (Å²) in [6.07, 6.45) is 2.21. The molecule has 1 unspecified atom stereocenters. The van der Waals surface area contributed by atoms with E-state index >= 15 is 0 Å². The topological polar surface area (TPSA) is 36.9 Å². The molecule has 0 radical (unpaired) electrons. The molecule has 1 aromatic heterocycles. The first-order valence-corrected chi connectivity index (χ1v) is 9.30. The van der Waals surface area contributed by atoms with Crippen LogP contribution in [0, 0.1) is 0 Å². The second kappa shape index (κ2) is 8.20. The number of thiophene rings is 1. The molecular formula is C19H25N3OS. The van der Waals surface area contributed by atoms with Gasteiger partial charge < -0.3 is 15.0 Å². The third-order valence-electron chi connectivity index (χ3n) is 4.52. The standard InChI is InChI=1S/C19H25N3OS/c1-20-19(21-11-9-18-4-3-13-24-18)22-12-10-16(14-22)15-5-7-17(23-2)8-6-15/h3-8,13,16H,9-12,14H2,1-2H3,(H,20,21). The molecular weight excluding hydrogens is 318 g/mol. The average Bonchev–Trinajstić information content (AvgIpc) is 3.31. The lowest BCUT2D eigenvalue weighted by atomic mass is 9.98. The summed E-state index contributed by atoms with van der Waals surface area (Å²) < 4.78 is 5.24. The first-order valence-electron chi connectivity index (χ1n) is 8.42. The number of aliphatic imine (C=N–C) groups is 1. The smallest absolute Gasteiger partial charge is 0.193 e. The van der Waals surface area contributed by atoms with E-state index in [4.69, 9.17) is 4.74 Å². The number of benzene rings is 1. The van der Waals surface area contributed by atoms with E-state index < -0.39 is 0 Å². The van der Waals surface area contributed by atoms with Crippen LogP contribution in [0.4, 0.5) is 0 Å². The van der Waals surface area contributed by atoms with Crippen molar-refractivity contribution >= 4 is 17.3 Å². The molecule has 3 rings (SSSR count). The van der Waals surface area contributed by atoms with E-state index in [1.807, 2.05) is 30.5 Å². The molecule has 0 spiro atoms. The lowest BCUT2D eigenvalue weighted by molar-refractivity contribution is 0.414. The van der Waals surface area contributed by atoms with Gasteiger partial charge in [0.25, 0.3) is 0 Å². The highest BCUT2D eigenvalue weighted by Crippen LogP contribution is 2.28. The Balaban J connectivity index is 1.52. The Labute approximate surface area is 148 Å². The van der Waals surface area contributed by atoms with Crippen LogP contribution in [-0.2, 0) is 6.42 Å². The maximum atomic E-state index is 5.24. The molecule has 4 nitrogen and oxygen atoms in total. The van der Waals surface area contributed by atoms with Gasteiger partial charge >= 0.3 is 0 Å². The van der Waals surface area contributed by atoms with Gasteiger partial charge in [0.1, 0.15) is 5.75 Å². The Morgan fingerprint density at radius 1 is 1.33 bits per heavy atom. The van der Waals surface area contributed by atoms with E-state index in [0.29, 0.717) is 5.92 Å². The van der Waals surface area contributed by atoms with Gasteiger partial charge in [0.05, 0.1) is 7.11 Å². The van der Waals surface area contributed by atoms with Gasteiger partial charge in [-0.15, -0.1) is 11.3 Å². The Kier molecular flexibility index (Phi) is 5.75. The maximum Gasteiger partial charge on any atom is 0.193 e. The van der Waals surface area contributed by atoms with Crippen LogP contribution in [0.2, 0.25) is 0 Å². The summed E-state index contributed by atoms with van der Waals surface area (Å²) in [6.45, 7) is 3.00. The van der Waals surface area contributed by atoms with Crippen LogP contribution >= 0.6 is 11.3 Å². The first-order chi connectivity index (χ1) is 11.8. The second-order valence-corrected chi connectivity index (χ2v) is 7.04. The van der Waals surface area contributed by atoms with Crippen molar-refractivity contribution in [1.82, 2.24) is 10.2 Å². The number of methoxy groups -OCH3 is 1. The molecule has 2 aromatic rings. The Hall–Kier alpha value is -2.01. The summed E-state index contributed by atoms with van der Waals surface area (Å²) in [6, 6.07) is 12.7. The van der Waals surface area contributed by atoms with Crippen molar-refractivity contribution in [2.45, 2.75) is 18.8 Å². The maximum absolute atomic E-state index is 5.24. The van der Waals surface area contributed by atoms with E-state index in [9.17, 15) is 0 Å². The molecule has 1 aromatic carbocycles. The van der Waals surface area contributed by atoms with E-state index in [-0.39, 0.29) is 0 Å². The summed E-state index contributed by atoms with van der Waals surface area (Å²) in [4.78, 5) is 8.24. The molecule has 2 heterocycles. The van der Waals surface area contributed by atoms with Gasteiger partial charge in [0.15, 0.2) is 5.96 Å². The molecule has 5 heteroatoms. The molecule has 1 fully saturated rings. The van der Waals surface area contributed by atoms with Crippen LogP contribution in [0.25, 0.3) is 0 Å². The van der Waals surface area contributed by atoms with Gasteiger partial charge in [-0.2, -0.15) is 0 Å². The largest absolute Gasteiger partial charge is 0.497 e. The van der Waals surface area contributed by atoms with E-state index in [1.165, 1.54) is 10.4 Å². The lowest BCUT2D eigenvalue weighted by Gasteiger charge is -2.21. The van der Waals surface area contributed by atoms with E-state index in [2.05, 4.69) is 44.9 Å². The minimum atomic E-state index is 0.562. The van der Waals surface area contributed by atoms with Crippen LogP contribution in [0.15, 0.2) is 46.8 Å². The molecule has 0 bridgehead atoms. The summed E-state index contributed by atoms with van der Waals surface area (Å²) >= 11 is 1.81. The molecule has 128 valence electrons. The van der Waals surface area contributed by atoms with E-state index in [1.54, 1.807) is 7.11 Å². The third kappa shape index (κ3) is 4.09. The molecule has 1 N–H and O–H groups in total. The minimum Gasteiger partial charge on any atom is -0.497 e. The van der Waals surface area contributed by atoms with Crippen molar-refractivity contribution in [3.63, 3.8) is 0 Å². The average molecular weight is 343 g/mol. The van der Waals surface area contributed by atoms with Crippen molar-refractivity contribution in [1.29, 1.82) is 0 Å². The van der Waals surface area contributed by atoms with Gasteiger partial charge in [0, 0.05) is 37.5 Å². The van der Waals surface area contributed by atoms with Crippen molar-refractivity contribution in [2.75, 3.05) is 33.8 Å². The Morgan fingerprint density at radius 3 is 2.83 bits per heavy atom. The summed E-state index contributed by atoms with van der Waals surface area (Å²) in [5.41, 5.74) is 1.38. The normalized spacial score (nSPS) is 18.0. The molecule has 24 heavy (non-hydrogen) atoms. The molecule has 1 aliphatic heterocycles. The van der Waals surface area contributed by atoms with Gasteiger partial charge in [0.2, 0.25) is 0 Å². The fraction of sp³-hybridized carbons (Fsp3) is 0.421. The molecule has 0 saturated carbocycles. The van der Waals surface area contributed by atoms with Crippen LogP contribution in [-0.4, -0.2) is 44.7 Å². The minimum absolute atomic E-state index is 0.562. The Bertz CT molecular complexity index is 652. The number of nitrogens with zero attached hydrogens (tertiary/aromatic N) is 2. The number of hydrogen-bond acceptors (Lipinski definition) is 3. The van der Waals surface area contributed by atoms with Crippen molar-refractivity contribution in [2.24, 2.45) is 4.99 Å². The molecule has 0 aliphatic carbocycles. The number of hydrogen-bond donors (Lipinski definition) is 1. The van der Waals surface area contributed by atoms with Crippen LogP contribution in [0.1, 0.15) is 22.8 Å². The summed E-state index contributed by atoms with van der Waals surface area (Å²) in [5.74, 6) is 2.49. The van der Waals surface area contributed by atoms with Crippen LogP contribution in [0.3, 0.4) is 0 Å². The highest BCUT2D eigenvalue weighted by atomic mass is 32.1. The third-order valence-corrected chi connectivity index (χ3v) is 5.46. The quantitative estimate of drug-likeness (QED) is 0.668. The predicted molar refractivity (Wildman–Crippen MR) is 101 cm³/mol. The Morgan fingerprint density at radius 2 is 2.17 bits per heavy atom. The van der Waals surface area contributed by atoms with Gasteiger partial charge in [-0.3, -0.25) is 4.99 Å². The number of likely N-dealkylation sites (tertiary alicyclic amines) is 1. The van der Waals surface area contributed by atoms with Gasteiger partial charge in [-0.25, -0.2) is 0 Å². The molecule has 1 saturated heterocycles. The van der Waals surface area contributed by atoms with E-state index in [0.717, 1.165) is 44.2 Å². The zero-order valence-electron chi connectivity index (χ0n) is 14.4. The lowest BCUT2D eigenvalue weighted by Crippen LogP contribution is -2.40. The summed E-state index contributed by atoms with van der Waals surface area (Å²) in [7, 11) is 3.58. The molecule has 0 amide bonds.